The molecule has 0 aromatic rings. The van der Waals surface area contributed by atoms with Gasteiger partial charge in [0.05, 0.1) is 6.61 Å². The number of hydrogen-bond donors (Lipinski definition) is 6. The SMILES string of the molecule is CC(O)C(=O)OC1OC(O)(CO)C(O)C(O)C1O. The van der Waals surface area contributed by atoms with Gasteiger partial charge in [0.1, 0.15) is 24.4 Å². The molecular formula is C9H16O9. The van der Waals surface area contributed by atoms with E-state index in [1.54, 1.807) is 0 Å². The van der Waals surface area contributed by atoms with Gasteiger partial charge in [-0.3, -0.25) is 0 Å². The van der Waals surface area contributed by atoms with Crippen molar-refractivity contribution < 1.29 is 44.9 Å². The Labute approximate surface area is 102 Å². The Kier molecular flexibility index (Phi) is 4.61. The standard InChI is InChI=1S/C9H16O9/c1-3(11)7(15)17-8-5(13)4(12)6(14)9(16,2-10)18-8/h3-6,8,10-14,16H,2H2,1H3. The van der Waals surface area contributed by atoms with Crippen LogP contribution in [0.5, 0.6) is 0 Å². The maximum absolute atomic E-state index is 11.1. The number of hydrogen-bond acceptors (Lipinski definition) is 9. The van der Waals surface area contributed by atoms with E-state index in [1.807, 2.05) is 0 Å². The summed E-state index contributed by atoms with van der Waals surface area (Å²) in [5.41, 5.74) is 0. The first kappa shape index (κ1) is 15.2. The highest BCUT2D eigenvalue weighted by Gasteiger charge is 2.54. The van der Waals surface area contributed by atoms with E-state index in [1.165, 1.54) is 0 Å². The second kappa shape index (κ2) is 5.45. The van der Waals surface area contributed by atoms with E-state index in [0.717, 1.165) is 6.92 Å². The summed E-state index contributed by atoms with van der Waals surface area (Å²) in [5.74, 6) is -3.75. The van der Waals surface area contributed by atoms with Crippen LogP contribution < -0.4 is 0 Å². The van der Waals surface area contributed by atoms with Crippen LogP contribution in [0.4, 0.5) is 0 Å². The summed E-state index contributed by atoms with van der Waals surface area (Å²) in [4.78, 5) is 11.1. The van der Waals surface area contributed by atoms with Crippen molar-refractivity contribution in [1.82, 2.24) is 0 Å². The monoisotopic (exact) mass is 268 g/mol. The molecule has 6 unspecified atom stereocenters. The van der Waals surface area contributed by atoms with E-state index in [9.17, 15) is 25.2 Å². The van der Waals surface area contributed by atoms with Crippen LogP contribution in [0.3, 0.4) is 0 Å². The average Bonchev–Trinajstić information content (AvgIpc) is 2.33. The van der Waals surface area contributed by atoms with Crippen LogP contribution in [0.2, 0.25) is 0 Å². The lowest BCUT2D eigenvalue weighted by molar-refractivity contribution is -0.391. The molecule has 6 atom stereocenters. The van der Waals surface area contributed by atoms with Crippen molar-refractivity contribution >= 4 is 5.97 Å². The van der Waals surface area contributed by atoms with Crippen LogP contribution in [0.1, 0.15) is 6.92 Å². The zero-order valence-electron chi connectivity index (χ0n) is 9.50. The molecule has 1 heterocycles. The lowest BCUT2D eigenvalue weighted by Crippen LogP contribution is -2.66. The predicted octanol–water partition coefficient (Wildman–Crippen LogP) is -3.97. The molecule has 0 aromatic heterocycles. The molecule has 0 aromatic carbocycles. The fourth-order valence-corrected chi connectivity index (χ4v) is 1.39. The Morgan fingerprint density at radius 3 is 2.39 bits per heavy atom. The third-order valence-corrected chi connectivity index (χ3v) is 2.53. The number of aliphatic hydroxyl groups excluding tert-OH is 5. The minimum Gasteiger partial charge on any atom is -0.431 e. The molecule has 0 saturated carbocycles. The number of rotatable bonds is 3. The van der Waals surface area contributed by atoms with E-state index in [2.05, 4.69) is 9.47 Å². The smallest absolute Gasteiger partial charge is 0.337 e. The number of ether oxygens (including phenoxy) is 2. The van der Waals surface area contributed by atoms with Gasteiger partial charge in [-0.25, -0.2) is 4.79 Å². The lowest BCUT2D eigenvalue weighted by atomic mass is 9.96. The van der Waals surface area contributed by atoms with Crippen molar-refractivity contribution in [2.45, 2.75) is 43.4 Å². The molecule has 1 saturated heterocycles. The van der Waals surface area contributed by atoms with Gasteiger partial charge in [0.2, 0.25) is 12.1 Å². The van der Waals surface area contributed by atoms with E-state index in [-0.39, 0.29) is 0 Å². The molecule has 9 heteroatoms. The molecule has 106 valence electrons. The summed E-state index contributed by atoms with van der Waals surface area (Å²) < 4.78 is 9.11. The first-order valence-electron chi connectivity index (χ1n) is 5.16. The molecule has 1 aliphatic heterocycles. The summed E-state index contributed by atoms with van der Waals surface area (Å²) in [6.45, 7) is 0.00172. The minimum atomic E-state index is -2.58. The summed E-state index contributed by atoms with van der Waals surface area (Å²) >= 11 is 0. The fourth-order valence-electron chi connectivity index (χ4n) is 1.39. The maximum Gasteiger partial charge on any atom is 0.337 e. The Hall–Kier alpha value is -0.810. The average molecular weight is 268 g/mol. The van der Waals surface area contributed by atoms with E-state index in [4.69, 9.17) is 10.2 Å². The Morgan fingerprint density at radius 2 is 1.94 bits per heavy atom. The van der Waals surface area contributed by atoms with E-state index >= 15 is 0 Å². The number of esters is 1. The largest absolute Gasteiger partial charge is 0.431 e. The van der Waals surface area contributed by atoms with Crippen LogP contribution in [0.25, 0.3) is 0 Å². The van der Waals surface area contributed by atoms with Gasteiger partial charge in [0, 0.05) is 0 Å². The van der Waals surface area contributed by atoms with Crippen molar-refractivity contribution in [1.29, 1.82) is 0 Å². The molecule has 0 spiro atoms. The normalized spacial score (nSPS) is 42.4. The number of carbonyl (C=O) groups is 1. The molecular weight excluding hydrogens is 252 g/mol. The van der Waals surface area contributed by atoms with Gasteiger partial charge in [-0.1, -0.05) is 0 Å². The maximum atomic E-state index is 11.1. The zero-order chi connectivity index (χ0) is 14.1. The van der Waals surface area contributed by atoms with Crippen molar-refractivity contribution in [3.05, 3.63) is 0 Å². The topological polar surface area (TPSA) is 157 Å². The van der Waals surface area contributed by atoms with Gasteiger partial charge >= 0.3 is 5.97 Å². The molecule has 1 rings (SSSR count). The molecule has 18 heavy (non-hydrogen) atoms. The van der Waals surface area contributed by atoms with Crippen LogP contribution >= 0.6 is 0 Å². The van der Waals surface area contributed by atoms with Crippen molar-refractivity contribution in [2.75, 3.05) is 6.61 Å². The molecule has 0 bridgehead atoms. The first-order chi connectivity index (χ1) is 8.23. The predicted molar refractivity (Wildman–Crippen MR) is 52.7 cm³/mol. The summed E-state index contributed by atoms with van der Waals surface area (Å²) in [6.07, 6.45) is -9.06. The fraction of sp³-hybridized carbons (Fsp3) is 0.889. The van der Waals surface area contributed by atoms with Gasteiger partial charge in [-0.15, -0.1) is 0 Å². The van der Waals surface area contributed by atoms with Crippen molar-refractivity contribution in [3.8, 4) is 0 Å². The van der Waals surface area contributed by atoms with Gasteiger partial charge in [0.15, 0.2) is 0 Å². The highest BCUT2D eigenvalue weighted by molar-refractivity contribution is 5.73. The second-order valence-electron chi connectivity index (χ2n) is 4.03. The number of aliphatic hydroxyl groups is 6. The van der Waals surface area contributed by atoms with Crippen LogP contribution in [0, 0.1) is 0 Å². The highest BCUT2D eigenvalue weighted by atomic mass is 16.8. The summed E-state index contributed by atoms with van der Waals surface area (Å²) in [5, 5.41) is 55.7. The first-order valence-corrected chi connectivity index (χ1v) is 5.16. The molecule has 0 radical (unpaired) electrons. The van der Waals surface area contributed by atoms with Crippen molar-refractivity contribution in [2.24, 2.45) is 0 Å². The van der Waals surface area contributed by atoms with Crippen LogP contribution in [-0.2, 0) is 14.3 Å². The van der Waals surface area contributed by atoms with E-state index in [0.29, 0.717) is 0 Å². The molecule has 6 N–H and O–H groups in total. The summed E-state index contributed by atoms with van der Waals surface area (Å²) in [7, 11) is 0. The van der Waals surface area contributed by atoms with Gasteiger partial charge in [0.25, 0.3) is 0 Å². The molecule has 0 amide bonds. The zero-order valence-corrected chi connectivity index (χ0v) is 9.50. The molecule has 0 aliphatic carbocycles. The van der Waals surface area contributed by atoms with Gasteiger partial charge in [-0.2, -0.15) is 0 Å². The highest BCUT2D eigenvalue weighted by Crippen LogP contribution is 2.28. The Morgan fingerprint density at radius 1 is 1.39 bits per heavy atom. The van der Waals surface area contributed by atoms with Gasteiger partial charge in [-0.05, 0) is 6.92 Å². The van der Waals surface area contributed by atoms with Crippen LogP contribution in [-0.4, -0.2) is 79.7 Å². The van der Waals surface area contributed by atoms with Crippen LogP contribution in [0.15, 0.2) is 0 Å². The van der Waals surface area contributed by atoms with E-state index < -0.39 is 49.1 Å². The third-order valence-electron chi connectivity index (χ3n) is 2.53. The molecule has 9 nitrogen and oxygen atoms in total. The quantitative estimate of drug-likeness (QED) is 0.281. The molecule has 1 aliphatic rings. The molecule has 1 fully saturated rings. The second-order valence-corrected chi connectivity index (χ2v) is 4.03. The minimum absolute atomic E-state index is 1.10. The Balaban J connectivity index is 2.83. The lowest BCUT2D eigenvalue weighted by Gasteiger charge is -2.44. The summed E-state index contributed by atoms with van der Waals surface area (Å²) in [6, 6.07) is 0. The van der Waals surface area contributed by atoms with Gasteiger partial charge < -0.3 is 40.1 Å². The third kappa shape index (κ3) is 2.78. The van der Waals surface area contributed by atoms with Crippen molar-refractivity contribution in [3.63, 3.8) is 0 Å². The Bertz CT molecular complexity index is 306. The number of carbonyl (C=O) groups excluding carboxylic acids is 1.